The van der Waals surface area contributed by atoms with Gasteiger partial charge in [-0.05, 0) is 30.2 Å². The van der Waals surface area contributed by atoms with E-state index in [2.05, 4.69) is 0 Å². The Balaban J connectivity index is 2.50. The van der Waals surface area contributed by atoms with Crippen LogP contribution in [-0.2, 0) is 0 Å². The Morgan fingerprint density at radius 1 is 1.00 bits per heavy atom. The highest BCUT2D eigenvalue weighted by Gasteiger charge is 2.21. The standard InChI is InChI=1S/C15H13F3O2/c1-8-3-9(5-10(16)4-8)15(19)14-12(17)6-11(20-2)7-13(14)18/h3-7,15,19H,1-2H3. The van der Waals surface area contributed by atoms with Crippen molar-refractivity contribution in [3.8, 4) is 5.75 Å². The number of aliphatic hydroxyl groups excluding tert-OH is 1. The molecule has 0 aliphatic carbocycles. The van der Waals surface area contributed by atoms with Crippen LogP contribution >= 0.6 is 0 Å². The average molecular weight is 282 g/mol. The molecular weight excluding hydrogens is 269 g/mol. The van der Waals surface area contributed by atoms with Gasteiger partial charge in [-0.1, -0.05) is 6.07 Å². The molecule has 1 N–H and O–H groups in total. The summed E-state index contributed by atoms with van der Waals surface area (Å²) in [5.41, 5.74) is 0.106. The zero-order valence-electron chi connectivity index (χ0n) is 11.0. The normalized spacial score (nSPS) is 12.3. The van der Waals surface area contributed by atoms with Gasteiger partial charge in [0.05, 0.1) is 12.7 Å². The number of benzene rings is 2. The van der Waals surface area contributed by atoms with Crippen LogP contribution in [0.3, 0.4) is 0 Å². The lowest BCUT2D eigenvalue weighted by Crippen LogP contribution is -2.07. The third-order valence-corrected chi connectivity index (χ3v) is 2.94. The van der Waals surface area contributed by atoms with Crippen molar-refractivity contribution in [2.24, 2.45) is 0 Å². The minimum absolute atomic E-state index is 0.00590. The molecule has 0 aromatic heterocycles. The van der Waals surface area contributed by atoms with Crippen LogP contribution in [0.15, 0.2) is 30.3 Å². The van der Waals surface area contributed by atoms with Crippen LogP contribution in [0.2, 0.25) is 0 Å². The first-order valence-corrected chi connectivity index (χ1v) is 5.90. The van der Waals surface area contributed by atoms with Crippen LogP contribution in [0, 0.1) is 24.4 Å². The summed E-state index contributed by atoms with van der Waals surface area (Å²) in [6, 6.07) is 5.70. The van der Waals surface area contributed by atoms with Crippen LogP contribution in [0.1, 0.15) is 22.8 Å². The first-order valence-electron chi connectivity index (χ1n) is 5.90. The molecule has 0 spiro atoms. The van der Waals surface area contributed by atoms with Gasteiger partial charge in [-0.15, -0.1) is 0 Å². The Morgan fingerprint density at radius 3 is 2.10 bits per heavy atom. The van der Waals surface area contributed by atoms with E-state index < -0.39 is 29.1 Å². The smallest absolute Gasteiger partial charge is 0.135 e. The van der Waals surface area contributed by atoms with E-state index in [1.165, 1.54) is 19.2 Å². The van der Waals surface area contributed by atoms with Gasteiger partial charge in [-0.3, -0.25) is 0 Å². The lowest BCUT2D eigenvalue weighted by Gasteiger charge is -2.15. The molecule has 2 rings (SSSR count). The van der Waals surface area contributed by atoms with Crippen LogP contribution in [0.4, 0.5) is 13.2 Å². The van der Waals surface area contributed by atoms with Gasteiger partial charge in [0.1, 0.15) is 29.3 Å². The number of aryl methyl sites for hydroxylation is 1. The molecule has 0 bridgehead atoms. The number of methoxy groups -OCH3 is 1. The second-order valence-electron chi connectivity index (χ2n) is 4.47. The third kappa shape index (κ3) is 2.77. The Kier molecular flexibility index (Phi) is 3.99. The Hall–Kier alpha value is -2.01. The van der Waals surface area contributed by atoms with Crippen molar-refractivity contribution >= 4 is 0 Å². The lowest BCUT2D eigenvalue weighted by molar-refractivity contribution is 0.208. The Morgan fingerprint density at radius 2 is 1.60 bits per heavy atom. The minimum Gasteiger partial charge on any atom is -0.497 e. The summed E-state index contributed by atoms with van der Waals surface area (Å²) in [6.07, 6.45) is -1.59. The number of rotatable bonds is 3. The summed E-state index contributed by atoms with van der Waals surface area (Å²) in [4.78, 5) is 0. The molecule has 0 fully saturated rings. The zero-order chi connectivity index (χ0) is 14.9. The van der Waals surface area contributed by atoms with Crippen molar-refractivity contribution in [2.75, 3.05) is 7.11 Å². The molecular formula is C15H13F3O2. The van der Waals surface area contributed by atoms with Gasteiger partial charge in [0.2, 0.25) is 0 Å². The Bertz CT molecular complexity index is 598. The van der Waals surface area contributed by atoms with Crippen molar-refractivity contribution in [3.05, 3.63) is 64.5 Å². The maximum Gasteiger partial charge on any atom is 0.135 e. The molecule has 0 saturated carbocycles. The summed E-state index contributed by atoms with van der Waals surface area (Å²) in [5.74, 6) is -2.47. The average Bonchev–Trinajstić information content (AvgIpc) is 2.36. The fourth-order valence-electron chi connectivity index (χ4n) is 2.03. The van der Waals surface area contributed by atoms with E-state index in [-0.39, 0.29) is 11.3 Å². The van der Waals surface area contributed by atoms with Crippen molar-refractivity contribution in [1.29, 1.82) is 0 Å². The molecule has 1 atom stereocenters. The summed E-state index contributed by atoms with van der Waals surface area (Å²) >= 11 is 0. The number of aliphatic hydroxyl groups is 1. The molecule has 1 unspecified atom stereocenters. The van der Waals surface area contributed by atoms with Crippen LogP contribution in [0.25, 0.3) is 0 Å². The van der Waals surface area contributed by atoms with Gasteiger partial charge in [-0.2, -0.15) is 0 Å². The highest BCUT2D eigenvalue weighted by Crippen LogP contribution is 2.30. The summed E-state index contributed by atoms with van der Waals surface area (Å²) in [5, 5.41) is 10.1. The second-order valence-corrected chi connectivity index (χ2v) is 4.47. The first-order chi connectivity index (χ1) is 9.42. The van der Waals surface area contributed by atoms with Crippen LogP contribution < -0.4 is 4.74 Å². The molecule has 2 aromatic carbocycles. The molecule has 0 aliphatic heterocycles. The highest BCUT2D eigenvalue weighted by atomic mass is 19.1. The van der Waals surface area contributed by atoms with Gasteiger partial charge in [0.25, 0.3) is 0 Å². The van der Waals surface area contributed by atoms with E-state index in [4.69, 9.17) is 4.74 Å². The summed E-state index contributed by atoms with van der Waals surface area (Å²) < 4.78 is 45.8. The highest BCUT2D eigenvalue weighted by molar-refractivity contribution is 5.37. The van der Waals surface area contributed by atoms with E-state index in [9.17, 15) is 18.3 Å². The van der Waals surface area contributed by atoms with E-state index in [1.807, 2.05) is 0 Å². The van der Waals surface area contributed by atoms with E-state index in [0.29, 0.717) is 5.56 Å². The van der Waals surface area contributed by atoms with E-state index in [0.717, 1.165) is 18.2 Å². The van der Waals surface area contributed by atoms with Gasteiger partial charge < -0.3 is 9.84 Å². The molecule has 0 heterocycles. The van der Waals surface area contributed by atoms with Crippen LogP contribution in [-0.4, -0.2) is 12.2 Å². The van der Waals surface area contributed by atoms with E-state index >= 15 is 0 Å². The van der Waals surface area contributed by atoms with Gasteiger partial charge in [-0.25, -0.2) is 13.2 Å². The Labute approximate surface area is 114 Å². The predicted molar refractivity (Wildman–Crippen MR) is 68.1 cm³/mol. The number of hydrogen-bond acceptors (Lipinski definition) is 2. The monoisotopic (exact) mass is 282 g/mol. The largest absolute Gasteiger partial charge is 0.497 e. The molecule has 2 nitrogen and oxygen atoms in total. The molecule has 5 heteroatoms. The van der Waals surface area contributed by atoms with Gasteiger partial charge in [0, 0.05) is 12.1 Å². The molecule has 0 radical (unpaired) electrons. The predicted octanol–water partition coefficient (Wildman–Crippen LogP) is 3.50. The molecule has 0 aliphatic rings. The molecule has 2 aromatic rings. The maximum absolute atomic E-state index is 13.9. The summed E-state index contributed by atoms with van der Waals surface area (Å²) in [7, 11) is 1.28. The fourth-order valence-corrected chi connectivity index (χ4v) is 2.03. The fraction of sp³-hybridized carbons (Fsp3) is 0.200. The first kappa shape index (κ1) is 14.4. The van der Waals surface area contributed by atoms with Crippen molar-refractivity contribution < 1.29 is 23.0 Å². The number of hydrogen-bond donors (Lipinski definition) is 1. The van der Waals surface area contributed by atoms with Crippen molar-refractivity contribution in [2.45, 2.75) is 13.0 Å². The number of ether oxygens (including phenoxy) is 1. The van der Waals surface area contributed by atoms with Gasteiger partial charge >= 0.3 is 0 Å². The minimum atomic E-state index is -1.59. The molecule has 0 saturated heterocycles. The third-order valence-electron chi connectivity index (χ3n) is 2.94. The quantitative estimate of drug-likeness (QED) is 0.933. The van der Waals surface area contributed by atoms with Crippen molar-refractivity contribution in [1.82, 2.24) is 0 Å². The topological polar surface area (TPSA) is 29.5 Å². The summed E-state index contributed by atoms with van der Waals surface area (Å²) in [6.45, 7) is 1.63. The van der Waals surface area contributed by atoms with Gasteiger partial charge in [0.15, 0.2) is 0 Å². The molecule has 106 valence electrons. The zero-order valence-corrected chi connectivity index (χ0v) is 11.0. The second kappa shape index (κ2) is 5.54. The molecule has 0 amide bonds. The van der Waals surface area contributed by atoms with Crippen LogP contribution in [0.5, 0.6) is 5.75 Å². The number of halogens is 3. The SMILES string of the molecule is COc1cc(F)c(C(O)c2cc(C)cc(F)c2)c(F)c1. The molecule has 20 heavy (non-hydrogen) atoms. The maximum atomic E-state index is 13.9. The van der Waals surface area contributed by atoms with Crippen molar-refractivity contribution in [3.63, 3.8) is 0 Å². The van der Waals surface area contributed by atoms with E-state index in [1.54, 1.807) is 6.92 Å². The lowest BCUT2D eigenvalue weighted by atomic mass is 9.98.